The maximum absolute atomic E-state index is 6.24. The number of benzene rings is 1. The van der Waals surface area contributed by atoms with Crippen LogP contribution in [0.3, 0.4) is 0 Å². The standard InChI is InChI=1S/C13H20ClNS/c1-5-15-9-10-6-7-11(8-12(10)14)16-13(2,3)4/h6-8,15H,5,9H2,1-4H3. The van der Waals surface area contributed by atoms with Gasteiger partial charge in [-0.05, 0) is 24.2 Å². The number of thioether (sulfide) groups is 1. The SMILES string of the molecule is CCNCc1ccc(SC(C)(C)C)cc1Cl. The molecule has 0 amide bonds. The summed E-state index contributed by atoms with van der Waals surface area (Å²) < 4.78 is 0.229. The van der Waals surface area contributed by atoms with Crippen LogP contribution < -0.4 is 5.32 Å². The van der Waals surface area contributed by atoms with Gasteiger partial charge in [0.15, 0.2) is 0 Å². The minimum absolute atomic E-state index is 0.229. The lowest BCUT2D eigenvalue weighted by atomic mass is 10.2. The molecule has 0 spiro atoms. The molecule has 0 saturated carbocycles. The predicted molar refractivity (Wildman–Crippen MR) is 74.4 cm³/mol. The van der Waals surface area contributed by atoms with E-state index in [2.05, 4.69) is 51.2 Å². The van der Waals surface area contributed by atoms with E-state index in [-0.39, 0.29) is 4.75 Å². The van der Waals surface area contributed by atoms with Crippen molar-refractivity contribution in [1.82, 2.24) is 5.32 Å². The highest BCUT2D eigenvalue weighted by molar-refractivity contribution is 8.00. The van der Waals surface area contributed by atoms with E-state index in [4.69, 9.17) is 11.6 Å². The fraction of sp³-hybridized carbons (Fsp3) is 0.538. The van der Waals surface area contributed by atoms with Gasteiger partial charge in [-0.2, -0.15) is 0 Å². The Morgan fingerprint density at radius 2 is 2.00 bits per heavy atom. The summed E-state index contributed by atoms with van der Waals surface area (Å²) in [5.41, 5.74) is 1.17. The molecule has 0 saturated heterocycles. The molecule has 0 unspecified atom stereocenters. The fourth-order valence-electron chi connectivity index (χ4n) is 1.35. The molecule has 1 N–H and O–H groups in total. The van der Waals surface area contributed by atoms with Crippen LogP contribution in [-0.4, -0.2) is 11.3 Å². The first kappa shape index (κ1) is 13.9. The average molecular weight is 258 g/mol. The Hall–Kier alpha value is -0.180. The molecule has 0 aliphatic carbocycles. The molecule has 1 nitrogen and oxygen atoms in total. The summed E-state index contributed by atoms with van der Waals surface area (Å²) in [7, 11) is 0. The predicted octanol–water partition coefficient (Wildman–Crippen LogP) is 4.34. The van der Waals surface area contributed by atoms with E-state index in [1.54, 1.807) is 0 Å². The van der Waals surface area contributed by atoms with E-state index in [9.17, 15) is 0 Å². The average Bonchev–Trinajstić information content (AvgIpc) is 2.14. The Kier molecular flexibility index (Phi) is 5.16. The largest absolute Gasteiger partial charge is 0.313 e. The van der Waals surface area contributed by atoms with Crippen molar-refractivity contribution in [3.05, 3.63) is 28.8 Å². The molecule has 0 aromatic heterocycles. The van der Waals surface area contributed by atoms with Gasteiger partial charge in [-0.3, -0.25) is 0 Å². The van der Waals surface area contributed by atoms with E-state index >= 15 is 0 Å². The van der Waals surface area contributed by atoms with Crippen LogP contribution in [0.25, 0.3) is 0 Å². The summed E-state index contributed by atoms with van der Waals surface area (Å²) >= 11 is 8.08. The number of hydrogen-bond acceptors (Lipinski definition) is 2. The summed E-state index contributed by atoms with van der Waals surface area (Å²) in [5.74, 6) is 0. The topological polar surface area (TPSA) is 12.0 Å². The maximum Gasteiger partial charge on any atom is 0.0462 e. The monoisotopic (exact) mass is 257 g/mol. The van der Waals surface area contributed by atoms with Gasteiger partial charge in [-0.15, -0.1) is 11.8 Å². The second-order valence-electron chi connectivity index (χ2n) is 4.75. The molecule has 0 aliphatic heterocycles. The van der Waals surface area contributed by atoms with Gasteiger partial charge in [0.25, 0.3) is 0 Å². The quantitative estimate of drug-likeness (QED) is 0.806. The molecule has 0 bridgehead atoms. The van der Waals surface area contributed by atoms with E-state index in [1.165, 1.54) is 10.5 Å². The molecule has 0 heterocycles. The molecule has 90 valence electrons. The Balaban J connectivity index is 2.74. The number of halogens is 1. The molecule has 1 aromatic rings. The third-order valence-electron chi connectivity index (χ3n) is 2.01. The number of rotatable bonds is 4. The minimum atomic E-state index is 0.229. The second-order valence-corrected chi connectivity index (χ2v) is 7.06. The van der Waals surface area contributed by atoms with Gasteiger partial charge in [0, 0.05) is 21.2 Å². The molecule has 0 radical (unpaired) electrons. The van der Waals surface area contributed by atoms with Crippen LogP contribution >= 0.6 is 23.4 Å². The van der Waals surface area contributed by atoms with Crippen molar-refractivity contribution in [2.24, 2.45) is 0 Å². The summed E-state index contributed by atoms with van der Waals surface area (Å²) in [4.78, 5) is 1.23. The second kappa shape index (κ2) is 5.95. The highest BCUT2D eigenvalue weighted by Gasteiger charge is 2.12. The summed E-state index contributed by atoms with van der Waals surface area (Å²) in [6, 6.07) is 6.32. The first-order valence-electron chi connectivity index (χ1n) is 5.60. The molecule has 1 rings (SSSR count). The highest BCUT2D eigenvalue weighted by Crippen LogP contribution is 2.33. The smallest absolute Gasteiger partial charge is 0.0462 e. The van der Waals surface area contributed by atoms with Gasteiger partial charge >= 0.3 is 0 Å². The zero-order valence-corrected chi connectivity index (χ0v) is 12.0. The molecule has 0 atom stereocenters. The van der Waals surface area contributed by atoms with Gasteiger partial charge < -0.3 is 5.32 Å². The summed E-state index contributed by atoms with van der Waals surface area (Å²) in [6.07, 6.45) is 0. The van der Waals surface area contributed by atoms with Crippen molar-refractivity contribution in [2.45, 2.75) is 43.9 Å². The Labute approximate surface area is 108 Å². The Morgan fingerprint density at radius 3 is 2.50 bits per heavy atom. The lowest BCUT2D eigenvalue weighted by Crippen LogP contribution is -2.12. The van der Waals surface area contributed by atoms with Crippen molar-refractivity contribution >= 4 is 23.4 Å². The van der Waals surface area contributed by atoms with Gasteiger partial charge in [-0.25, -0.2) is 0 Å². The molecule has 1 aromatic carbocycles. The van der Waals surface area contributed by atoms with Gasteiger partial charge in [0.1, 0.15) is 0 Å². The normalized spacial score (nSPS) is 11.8. The zero-order chi connectivity index (χ0) is 12.2. The third kappa shape index (κ3) is 4.77. The van der Waals surface area contributed by atoms with Crippen LogP contribution in [0.4, 0.5) is 0 Å². The van der Waals surface area contributed by atoms with Gasteiger partial charge in [0.05, 0.1) is 0 Å². The van der Waals surface area contributed by atoms with E-state index in [1.807, 2.05) is 11.8 Å². The third-order valence-corrected chi connectivity index (χ3v) is 3.47. The Morgan fingerprint density at radius 1 is 1.31 bits per heavy atom. The minimum Gasteiger partial charge on any atom is -0.313 e. The van der Waals surface area contributed by atoms with Crippen LogP contribution in [0, 0.1) is 0 Å². The van der Waals surface area contributed by atoms with Crippen LogP contribution in [-0.2, 0) is 6.54 Å². The van der Waals surface area contributed by atoms with E-state index < -0.39 is 0 Å². The van der Waals surface area contributed by atoms with Gasteiger partial charge in [-0.1, -0.05) is 45.4 Å². The van der Waals surface area contributed by atoms with Crippen LogP contribution in [0.2, 0.25) is 5.02 Å². The van der Waals surface area contributed by atoms with Crippen molar-refractivity contribution < 1.29 is 0 Å². The lowest BCUT2D eigenvalue weighted by Gasteiger charge is -2.18. The van der Waals surface area contributed by atoms with E-state index in [0.717, 1.165) is 18.1 Å². The lowest BCUT2D eigenvalue weighted by molar-refractivity contribution is 0.726. The highest BCUT2D eigenvalue weighted by atomic mass is 35.5. The molecule has 16 heavy (non-hydrogen) atoms. The van der Waals surface area contributed by atoms with Gasteiger partial charge in [0.2, 0.25) is 0 Å². The molecule has 0 fully saturated rings. The number of hydrogen-bond donors (Lipinski definition) is 1. The van der Waals surface area contributed by atoms with Crippen molar-refractivity contribution in [3.8, 4) is 0 Å². The first-order valence-corrected chi connectivity index (χ1v) is 6.80. The maximum atomic E-state index is 6.24. The summed E-state index contributed by atoms with van der Waals surface area (Å²) in [6.45, 7) is 10.5. The first-order chi connectivity index (χ1) is 7.42. The molecule has 0 aliphatic rings. The Bertz CT molecular complexity index is 344. The van der Waals surface area contributed by atoms with Crippen LogP contribution in [0.1, 0.15) is 33.3 Å². The van der Waals surface area contributed by atoms with Crippen LogP contribution in [0.15, 0.2) is 23.1 Å². The summed E-state index contributed by atoms with van der Waals surface area (Å²) in [5, 5.41) is 4.14. The number of nitrogens with one attached hydrogen (secondary N) is 1. The van der Waals surface area contributed by atoms with E-state index in [0.29, 0.717) is 0 Å². The molecule has 3 heteroatoms. The molecular formula is C13H20ClNS. The zero-order valence-electron chi connectivity index (χ0n) is 10.4. The van der Waals surface area contributed by atoms with Crippen molar-refractivity contribution in [3.63, 3.8) is 0 Å². The van der Waals surface area contributed by atoms with Crippen molar-refractivity contribution in [2.75, 3.05) is 6.54 Å². The van der Waals surface area contributed by atoms with Crippen LogP contribution in [0.5, 0.6) is 0 Å². The fourth-order valence-corrected chi connectivity index (χ4v) is 2.68. The molecular weight excluding hydrogens is 238 g/mol. The van der Waals surface area contributed by atoms with Crippen molar-refractivity contribution in [1.29, 1.82) is 0 Å².